The first-order valence-corrected chi connectivity index (χ1v) is 12.5. The summed E-state index contributed by atoms with van der Waals surface area (Å²) >= 11 is 1.14. The number of rotatable bonds is 7. The van der Waals surface area contributed by atoms with E-state index in [0.717, 1.165) is 48.6 Å². The van der Waals surface area contributed by atoms with Crippen molar-refractivity contribution >= 4 is 38.8 Å². The first-order valence-electron chi connectivity index (χ1n) is 10.2. The molecule has 31 heavy (non-hydrogen) atoms. The number of nitrogens with one attached hydrogen (secondary N) is 2. The SMILES string of the molecule is O=C(NCc1cccnc1N1CCCCC1)c1cccc(NS(=O)(=O)c2cccs2)c1. The van der Waals surface area contributed by atoms with Gasteiger partial charge >= 0.3 is 0 Å². The van der Waals surface area contributed by atoms with Crippen LogP contribution in [0.1, 0.15) is 35.2 Å². The number of amides is 1. The zero-order valence-electron chi connectivity index (χ0n) is 17.0. The van der Waals surface area contributed by atoms with Crippen LogP contribution in [0.2, 0.25) is 0 Å². The number of benzene rings is 1. The molecule has 0 unspecified atom stereocenters. The normalized spacial score (nSPS) is 14.3. The fraction of sp³-hybridized carbons (Fsp3) is 0.273. The van der Waals surface area contributed by atoms with Crippen LogP contribution in [0, 0.1) is 0 Å². The maximum atomic E-state index is 12.7. The molecule has 1 aliphatic heterocycles. The Morgan fingerprint density at radius 3 is 2.68 bits per heavy atom. The van der Waals surface area contributed by atoms with Crippen molar-refractivity contribution in [2.45, 2.75) is 30.0 Å². The summed E-state index contributed by atoms with van der Waals surface area (Å²) in [6.07, 6.45) is 5.31. The van der Waals surface area contributed by atoms with Crippen molar-refractivity contribution in [3.05, 3.63) is 71.2 Å². The maximum absolute atomic E-state index is 12.7. The summed E-state index contributed by atoms with van der Waals surface area (Å²) in [5.74, 6) is 0.644. The smallest absolute Gasteiger partial charge is 0.271 e. The van der Waals surface area contributed by atoms with Crippen LogP contribution in [-0.2, 0) is 16.6 Å². The van der Waals surface area contributed by atoms with Crippen LogP contribution < -0.4 is 14.9 Å². The molecule has 3 heterocycles. The highest BCUT2D eigenvalue weighted by Gasteiger charge is 2.18. The minimum absolute atomic E-state index is 0.226. The molecule has 2 N–H and O–H groups in total. The number of aromatic nitrogens is 1. The Morgan fingerprint density at radius 2 is 1.90 bits per heavy atom. The fourth-order valence-electron chi connectivity index (χ4n) is 3.58. The van der Waals surface area contributed by atoms with E-state index in [4.69, 9.17) is 0 Å². The van der Waals surface area contributed by atoms with Crippen LogP contribution in [0.4, 0.5) is 11.5 Å². The molecule has 0 bridgehead atoms. The summed E-state index contributed by atoms with van der Waals surface area (Å²) in [5.41, 5.74) is 1.69. The first kappa shape index (κ1) is 21.3. The van der Waals surface area contributed by atoms with E-state index in [-0.39, 0.29) is 10.1 Å². The second-order valence-electron chi connectivity index (χ2n) is 7.33. The van der Waals surface area contributed by atoms with Gasteiger partial charge in [-0.05, 0) is 55.0 Å². The maximum Gasteiger partial charge on any atom is 0.271 e. The second kappa shape index (κ2) is 9.49. The number of hydrogen-bond acceptors (Lipinski definition) is 6. The van der Waals surface area contributed by atoms with Gasteiger partial charge in [0.15, 0.2) is 0 Å². The van der Waals surface area contributed by atoms with Crippen molar-refractivity contribution in [3.8, 4) is 0 Å². The van der Waals surface area contributed by atoms with Crippen LogP contribution >= 0.6 is 11.3 Å². The fourth-order valence-corrected chi connectivity index (χ4v) is 5.62. The Bertz CT molecular complexity index is 1140. The van der Waals surface area contributed by atoms with Crippen molar-refractivity contribution < 1.29 is 13.2 Å². The zero-order valence-corrected chi connectivity index (χ0v) is 18.6. The summed E-state index contributed by atoms with van der Waals surface area (Å²) in [6.45, 7) is 2.30. The van der Waals surface area contributed by atoms with E-state index in [1.54, 1.807) is 35.8 Å². The molecule has 0 radical (unpaired) electrons. The largest absolute Gasteiger partial charge is 0.356 e. The predicted octanol–water partition coefficient (Wildman–Crippen LogP) is 3.86. The molecule has 1 amide bonds. The molecule has 2 aromatic heterocycles. The van der Waals surface area contributed by atoms with Gasteiger partial charge in [-0.25, -0.2) is 13.4 Å². The Hall–Kier alpha value is -2.91. The lowest BCUT2D eigenvalue weighted by atomic mass is 10.1. The average molecular weight is 457 g/mol. The van der Waals surface area contributed by atoms with Crippen LogP contribution in [-0.4, -0.2) is 32.4 Å². The van der Waals surface area contributed by atoms with E-state index in [1.165, 1.54) is 18.6 Å². The summed E-state index contributed by atoms with van der Waals surface area (Å²) in [6, 6.07) is 13.5. The molecule has 162 valence electrons. The van der Waals surface area contributed by atoms with E-state index >= 15 is 0 Å². The quantitative estimate of drug-likeness (QED) is 0.563. The van der Waals surface area contributed by atoms with Gasteiger partial charge in [0, 0.05) is 42.6 Å². The lowest BCUT2D eigenvalue weighted by Gasteiger charge is -2.29. The highest BCUT2D eigenvalue weighted by atomic mass is 32.2. The van der Waals surface area contributed by atoms with Gasteiger partial charge in [-0.15, -0.1) is 11.3 Å². The van der Waals surface area contributed by atoms with Gasteiger partial charge in [0.25, 0.3) is 15.9 Å². The van der Waals surface area contributed by atoms with Gasteiger partial charge in [0.05, 0.1) is 0 Å². The summed E-state index contributed by atoms with van der Waals surface area (Å²) in [4.78, 5) is 19.5. The monoisotopic (exact) mass is 456 g/mol. The summed E-state index contributed by atoms with van der Waals surface area (Å²) in [5, 5.41) is 4.63. The van der Waals surface area contributed by atoms with Gasteiger partial charge in [-0.2, -0.15) is 0 Å². The Labute approximate surface area is 186 Å². The van der Waals surface area contributed by atoms with E-state index in [2.05, 4.69) is 19.9 Å². The van der Waals surface area contributed by atoms with Gasteiger partial charge in [0.1, 0.15) is 10.0 Å². The van der Waals surface area contributed by atoms with Crippen molar-refractivity contribution in [1.29, 1.82) is 0 Å². The van der Waals surface area contributed by atoms with E-state index in [9.17, 15) is 13.2 Å². The van der Waals surface area contributed by atoms with Crippen LogP contribution in [0.3, 0.4) is 0 Å². The Balaban J connectivity index is 1.44. The molecule has 7 nitrogen and oxygen atoms in total. The third-order valence-electron chi connectivity index (χ3n) is 5.10. The van der Waals surface area contributed by atoms with E-state index in [1.807, 2.05) is 12.1 Å². The van der Waals surface area contributed by atoms with Gasteiger partial charge in [-0.1, -0.05) is 18.2 Å². The lowest BCUT2D eigenvalue weighted by Crippen LogP contribution is -2.32. The number of hydrogen-bond donors (Lipinski definition) is 2. The number of sulfonamides is 1. The van der Waals surface area contributed by atoms with Gasteiger partial charge in [-0.3, -0.25) is 9.52 Å². The third kappa shape index (κ3) is 5.23. The zero-order chi connectivity index (χ0) is 21.7. The number of carbonyl (C=O) groups excluding carboxylic acids is 1. The van der Waals surface area contributed by atoms with Gasteiger partial charge in [0.2, 0.25) is 0 Å². The van der Waals surface area contributed by atoms with Crippen LogP contribution in [0.5, 0.6) is 0 Å². The molecular weight excluding hydrogens is 432 g/mol. The molecule has 0 atom stereocenters. The third-order valence-corrected chi connectivity index (χ3v) is 7.88. The van der Waals surface area contributed by atoms with E-state index < -0.39 is 10.0 Å². The van der Waals surface area contributed by atoms with Crippen molar-refractivity contribution in [1.82, 2.24) is 10.3 Å². The Morgan fingerprint density at radius 1 is 1.06 bits per heavy atom. The van der Waals surface area contributed by atoms with Gasteiger partial charge < -0.3 is 10.2 Å². The Kier molecular flexibility index (Phi) is 6.53. The van der Waals surface area contributed by atoms with Crippen LogP contribution in [0.25, 0.3) is 0 Å². The molecule has 3 aromatic rings. The molecule has 4 rings (SSSR count). The number of anilines is 2. The summed E-state index contributed by atoms with van der Waals surface area (Å²) in [7, 11) is -3.66. The number of nitrogens with zero attached hydrogens (tertiary/aromatic N) is 2. The molecule has 9 heteroatoms. The van der Waals surface area contributed by atoms with Crippen LogP contribution in [0.15, 0.2) is 64.3 Å². The summed E-state index contributed by atoms with van der Waals surface area (Å²) < 4.78 is 27.6. The van der Waals surface area contributed by atoms with Crippen molar-refractivity contribution in [2.75, 3.05) is 22.7 Å². The number of carbonyl (C=O) groups is 1. The number of piperidine rings is 1. The minimum atomic E-state index is -3.66. The number of pyridine rings is 1. The first-order chi connectivity index (χ1) is 15.0. The molecule has 1 saturated heterocycles. The lowest BCUT2D eigenvalue weighted by molar-refractivity contribution is 0.0951. The molecule has 0 saturated carbocycles. The molecular formula is C22H24N4O3S2. The molecule has 0 spiro atoms. The number of thiophene rings is 1. The second-order valence-corrected chi connectivity index (χ2v) is 10.2. The molecule has 0 aliphatic carbocycles. The average Bonchev–Trinajstić information content (AvgIpc) is 3.34. The molecule has 1 aromatic carbocycles. The molecule has 1 fully saturated rings. The minimum Gasteiger partial charge on any atom is -0.356 e. The van der Waals surface area contributed by atoms with Crippen molar-refractivity contribution in [3.63, 3.8) is 0 Å². The standard InChI is InChI=1S/C22H24N4O3S2/c27-22(24-16-18-8-5-11-23-21(18)26-12-2-1-3-13-26)17-7-4-9-19(15-17)25-31(28,29)20-10-6-14-30-20/h4-11,14-15,25H,1-3,12-13,16H2,(H,24,27). The van der Waals surface area contributed by atoms with E-state index in [0.29, 0.717) is 17.8 Å². The highest BCUT2D eigenvalue weighted by Crippen LogP contribution is 2.23. The topological polar surface area (TPSA) is 91.4 Å². The van der Waals surface area contributed by atoms with Crippen molar-refractivity contribution in [2.24, 2.45) is 0 Å². The predicted molar refractivity (Wildman–Crippen MR) is 123 cm³/mol. The highest BCUT2D eigenvalue weighted by molar-refractivity contribution is 7.94. The molecule has 1 aliphatic rings.